The van der Waals surface area contributed by atoms with Crippen molar-refractivity contribution in [3.05, 3.63) is 77.6 Å². The number of amides is 2. The summed E-state index contributed by atoms with van der Waals surface area (Å²) in [4.78, 5) is 24.4. The number of nitrogens with zero attached hydrogens (tertiary/aromatic N) is 1. The predicted octanol–water partition coefficient (Wildman–Crippen LogP) is 4.73. The third-order valence-corrected chi connectivity index (χ3v) is 4.69. The zero-order chi connectivity index (χ0) is 18.8. The number of rotatable bonds is 5. The molecule has 1 aliphatic carbocycles. The predicted molar refractivity (Wildman–Crippen MR) is 107 cm³/mol. The van der Waals surface area contributed by atoms with E-state index >= 15 is 0 Å². The Morgan fingerprint density at radius 1 is 0.963 bits per heavy atom. The summed E-state index contributed by atoms with van der Waals surface area (Å²) in [7, 11) is 0. The van der Waals surface area contributed by atoms with Crippen LogP contribution in [0.4, 0.5) is 11.4 Å². The van der Waals surface area contributed by atoms with Crippen LogP contribution < -0.4 is 10.6 Å². The van der Waals surface area contributed by atoms with E-state index in [9.17, 15) is 9.59 Å². The number of halogens is 1. The highest BCUT2D eigenvalue weighted by Gasteiger charge is 2.29. The number of carbonyl (C=O) groups excluding carboxylic acids is 2. The van der Waals surface area contributed by atoms with Crippen LogP contribution in [-0.4, -0.2) is 16.4 Å². The standard InChI is InChI=1S/C21H18ClN3O2/c22-16-7-10-18(19(13-16)25-11-1-2-12-25)24-21(27)15-5-8-17(9-6-15)23-20(26)14-3-4-14/h1-2,5-14H,3-4H2,(H,23,26)(H,24,27). The Bertz CT molecular complexity index is 977. The molecule has 0 atom stereocenters. The Labute approximate surface area is 162 Å². The molecule has 1 saturated carbocycles. The number of carbonyl (C=O) groups is 2. The van der Waals surface area contributed by atoms with E-state index in [1.54, 1.807) is 42.5 Å². The van der Waals surface area contributed by atoms with Gasteiger partial charge in [0.25, 0.3) is 5.91 Å². The zero-order valence-electron chi connectivity index (χ0n) is 14.5. The Kier molecular flexibility index (Phi) is 4.69. The third kappa shape index (κ3) is 4.04. The van der Waals surface area contributed by atoms with Crippen molar-refractivity contribution in [2.24, 2.45) is 5.92 Å². The second-order valence-electron chi connectivity index (χ2n) is 6.55. The molecule has 27 heavy (non-hydrogen) atoms. The Morgan fingerprint density at radius 3 is 2.33 bits per heavy atom. The van der Waals surface area contributed by atoms with Crippen LogP contribution in [0.2, 0.25) is 5.02 Å². The molecule has 1 heterocycles. The normalized spacial score (nSPS) is 13.2. The maximum absolute atomic E-state index is 12.6. The molecule has 1 aromatic heterocycles. The van der Waals surface area contributed by atoms with Crippen LogP contribution >= 0.6 is 11.6 Å². The number of anilines is 2. The third-order valence-electron chi connectivity index (χ3n) is 4.45. The van der Waals surface area contributed by atoms with E-state index in [1.807, 2.05) is 29.1 Å². The first-order valence-electron chi connectivity index (χ1n) is 8.75. The van der Waals surface area contributed by atoms with Gasteiger partial charge in [-0.3, -0.25) is 9.59 Å². The van der Waals surface area contributed by atoms with Crippen molar-refractivity contribution in [3.8, 4) is 5.69 Å². The molecule has 136 valence electrons. The minimum atomic E-state index is -0.231. The van der Waals surface area contributed by atoms with Crippen molar-refractivity contribution in [3.63, 3.8) is 0 Å². The summed E-state index contributed by atoms with van der Waals surface area (Å²) in [5, 5.41) is 6.38. The molecule has 5 nitrogen and oxygen atoms in total. The van der Waals surface area contributed by atoms with Gasteiger partial charge < -0.3 is 15.2 Å². The highest BCUT2D eigenvalue weighted by molar-refractivity contribution is 6.31. The Balaban J connectivity index is 1.50. The van der Waals surface area contributed by atoms with E-state index in [0.29, 0.717) is 22.0 Å². The van der Waals surface area contributed by atoms with Gasteiger partial charge in [0.05, 0.1) is 11.4 Å². The lowest BCUT2D eigenvalue weighted by molar-refractivity contribution is -0.117. The van der Waals surface area contributed by atoms with Crippen LogP contribution in [0.25, 0.3) is 5.69 Å². The average Bonchev–Trinajstić information content (AvgIpc) is 3.39. The van der Waals surface area contributed by atoms with Gasteiger partial charge in [-0.2, -0.15) is 0 Å². The molecular weight excluding hydrogens is 362 g/mol. The first-order valence-corrected chi connectivity index (χ1v) is 9.13. The maximum atomic E-state index is 12.6. The molecule has 3 aromatic rings. The molecule has 0 bridgehead atoms. The maximum Gasteiger partial charge on any atom is 0.255 e. The fourth-order valence-corrected chi connectivity index (χ4v) is 2.97. The van der Waals surface area contributed by atoms with Crippen LogP contribution in [0.5, 0.6) is 0 Å². The van der Waals surface area contributed by atoms with E-state index in [-0.39, 0.29) is 17.7 Å². The fourth-order valence-electron chi connectivity index (χ4n) is 2.81. The minimum Gasteiger partial charge on any atom is -0.326 e. The highest BCUT2D eigenvalue weighted by Crippen LogP contribution is 2.30. The smallest absolute Gasteiger partial charge is 0.255 e. The van der Waals surface area contributed by atoms with Gasteiger partial charge in [-0.1, -0.05) is 11.6 Å². The molecular formula is C21H18ClN3O2. The second kappa shape index (κ2) is 7.29. The number of hydrogen-bond acceptors (Lipinski definition) is 2. The van der Waals surface area contributed by atoms with E-state index in [4.69, 9.17) is 11.6 Å². The topological polar surface area (TPSA) is 63.1 Å². The summed E-state index contributed by atoms with van der Waals surface area (Å²) in [5.41, 5.74) is 2.65. The van der Waals surface area contributed by atoms with E-state index < -0.39 is 0 Å². The summed E-state index contributed by atoms with van der Waals surface area (Å²) < 4.78 is 1.89. The molecule has 1 aliphatic rings. The van der Waals surface area contributed by atoms with Gasteiger partial charge in [0.2, 0.25) is 5.91 Å². The number of benzene rings is 2. The van der Waals surface area contributed by atoms with Gasteiger partial charge >= 0.3 is 0 Å². The molecule has 0 spiro atoms. The van der Waals surface area contributed by atoms with Gasteiger partial charge in [0.1, 0.15) is 0 Å². The van der Waals surface area contributed by atoms with Gasteiger partial charge in [-0.15, -0.1) is 0 Å². The molecule has 1 fully saturated rings. The first kappa shape index (κ1) is 17.4. The van der Waals surface area contributed by atoms with Crippen molar-refractivity contribution in [1.29, 1.82) is 0 Å². The molecule has 2 aromatic carbocycles. The molecule has 2 N–H and O–H groups in total. The summed E-state index contributed by atoms with van der Waals surface area (Å²) in [6, 6.07) is 16.0. The fraction of sp³-hybridized carbons (Fsp3) is 0.143. The van der Waals surface area contributed by atoms with Crippen LogP contribution in [0.1, 0.15) is 23.2 Å². The lowest BCUT2D eigenvalue weighted by Crippen LogP contribution is -2.15. The highest BCUT2D eigenvalue weighted by atomic mass is 35.5. The molecule has 0 radical (unpaired) electrons. The van der Waals surface area contributed by atoms with Crippen molar-refractivity contribution in [1.82, 2.24) is 4.57 Å². The molecule has 0 unspecified atom stereocenters. The van der Waals surface area contributed by atoms with Crippen LogP contribution in [0.3, 0.4) is 0 Å². The van der Waals surface area contributed by atoms with Gasteiger partial charge in [-0.05, 0) is 67.4 Å². The van der Waals surface area contributed by atoms with Gasteiger partial charge in [-0.25, -0.2) is 0 Å². The zero-order valence-corrected chi connectivity index (χ0v) is 15.2. The Hall–Kier alpha value is -3.05. The average molecular weight is 380 g/mol. The van der Waals surface area contributed by atoms with Crippen molar-refractivity contribution < 1.29 is 9.59 Å². The molecule has 0 saturated heterocycles. The number of nitrogens with one attached hydrogen (secondary N) is 2. The lowest BCUT2D eigenvalue weighted by Gasteiger charge is -2.13. The Morgan fingerprint density at radius 2 is 1.67 bits per heavy atom. The van der Waals surface area contributed by atoms with Gasteiger partial charge in [0, 0.05) is 34.6 Å². The summed E-state index contributed by atoms with van der Waals surface area (Å²) >= 11 is 6.11. The van der Waals surface area contributed by atoms with Crippen LogP contribution in [0.15, 0.2) is 67.0 Å². The molecule has 4 rings (SSSR count). The van der Waals surface area contributed by atoms with Crippen molar-refractivity contribution in [2.75, 3.05) is 10.6 Å². The summed E-state index contributed by atoms with van der Waals surface area (Å²) in [6.07, 6.45) is 5.69. The molecule has 6 heteroatoms. The van der Waals surface area contributed by atoms with Gasteiger partial charge in [0.15, 0.2) is 0 Å². The quantitative estimate of drug-likeness (QED) is 0.673. The van der Waals surface area contributed by atoms with Crippen LogP contribution in [-0.2, 0) is 4.79 Å². The SMILES string of the molecule is O=C(Nc1ccc(Cl)cc1-n1cccc1)c1ccc(NC(=O)C2CC2)cc1. The van der Waals surface area contributed by atoms with Crippen LogP contribution in [0, 0.1) is 5.92 Å². The van der Waals surface area contributed by atoms with Crippen molar-refractivity contribution in [2.45, 2.75) is 12.8 Å². The number of hydrogen-bond donors (Lipinski definition) is 2. The lowest BCUT2D eigenvalue weighted by atomic mass is 10.1. The minimum absolute atomic E-state index is 0.0460. The summed E-state index contributed by atoms with van der Waals surface area (Å²) in [6.45, 7) is 0. The number of aromatic nitrogens is 1. The largest absolute Gasteiger partial charge is 0.326 e. The van der Waals surface area contributed by atoms with E-state index in [0.717, 1.165) is 18.5 Å². The monoisotopic (exact) mass is 379 g/mol. The molecule has 2 amide bonds. The van der Waals surface area contributed by atoms with Crippen molar-refractivity contribution >= 4 is 34.8 Å². The summed E-state index contributed by atoms with van der Waals surface area (Å²) in [5.74, 6) is -0.0412. The second-order valence-corrected chi connectivity index (χ2v) is 6.98. The van der Waals surface area contributed by atoms with E-state index in [1.165, 1.54) is 0 Å². The van der Waals surface area contributed by atoms with E-state index in [2.05, 4.69) is 10.6 Å². The molecule has 0 aliphatic heterocycles. The first-order chi connectivity index (χ1) is 13.1.